The van der Waals surface area contributed by atoms with Gasteiger partial charge in [-0.15, -0.1) is 0 Å². The molecule has 1 fully saturated rings. The smallest absolute Gasteiger partial charge is 0.335 e. The zero-order chi connectivity index (χ0) is 13.1. The fraction of sp³-hybridized carbons (Fsp3) is 0.333. The molecule has 0 radical (unpaired) electrons. The molecule has 1 aliphatic heterocycles. The van der Waals surface area contributed by atoms with Crippen molar-refractivity contribution >= 4 is 25.0 Å². The maximum absolute atomic E-state index is 11.2. The van der Waals surface area contributed by atoms with Crippen LogP contribution in [0.25, 0.3) is 0 Å². The number of rotatable bonds is 4. The molecule has 5 nitrogen and oxygen atoms in total. The molecule has 1 aromatic rings. The van der Waals surface area contributed by atoms with Gasteiger partial charge < -0.3 is 10.4 Å². The second-order valence-electron chi connectivity index (χ2n) is 4.16. The van der Waals surface area contributed by atoms with Gasteiger partial charge in [0, 0.05) is 17.7 Å². The van der Waals surface area contributed by atoms with E-state index < -0.39 is 5.97 Å². The summed E-state index contributed by atoms with van der Waals surface area (Å²) in [5.74, 6) is -1.13. The number of carboxylic acid groups (broad SMARTS) is 1. The third-order valence-electron chi connectivity index (χ3n) is 3.12. The largest absolute Gasteiger partial charge is 0.478 e. The fourth-order valence-electron chi connectivity index (χ4n) is 2.33. The minimum absolute atomic E-state index is 0.0389. The molecular weight excluding hydrogens is 252 g/mol. The number of carbonyl (C=O) groups excluding carboxylic acids is 1. The van der Waals surface area contributed by atoms with Crippen LogP contribution in [0.4, 0.5) is 0 Å². The van der Waals surface area contributed by atoms with Gasteiger partial charge in [-0.05, 0) is 11.6 Å². The van der Waals surface area contributed by atoms with E-state index in [-0.39, 0.29) is 22.9 Å². The lowest BCUT2D eigenvalue weighted by molar-refractivity contribution is -0.110. The summed E-state index contributed by atoms with van der Waals surface area (Å²) in [6, 6.07) is 6.81. The number of aromatic carboxylic acids is 1. The quantitative estimate of drug-likeness (QED) is 0.471. The number of carboxylic acids is 1. The van der Waals surface area contributed by atoms with Crippen molar-refractivity contribution < 1.29 is 14.7 Å². The van der Waals surface area contributed by atoms with Crippen LogP contribution in [0.3, 0.4) is 0 Å². The van der Waals surface area contributed by atoms with Crippen LogP contribution in [0.5, 0.6) is 0 Å². The van der Waals surface area contributed by atoms with Gasteiger partial charge >= 0.3 is 5.97 Å². The van der Waals surface area contributed by atoms with Gasteiger partial charge in [0.1, 0.15) is 0 Å². The van der Waals surface area contributed by atoms with Crippen LogP contribution in [0.1, 0.15) is 21.8 Å². The molecule has 2 rings (SSSR count). The molecule has 18 heavy (non-hydrogen) atoms. The van der Waals surface area contributed by atoms with Crippen molar-refractivity contribution in [1.82, 2.24) is 10.6 Å². The van der Waals surface area contributed by atoms with Crippen LogP contribution in [0, 0.1) is 0 Å². The van der Waals surface area contributed by atoms with Gasteiger partial charge in [-0.3, -0.25) is 10.1 Å². The summed E-state index contributed by atoms with van der Waals surface area (Å²) in [7, 11) is 0. The summed E-state index contributed by atoms with van der Waals surface area (Å²) < 4.78 is 0. The van der Waals surface area contributed by atoms with Crippen molar-refractivity contribution in [2.45, 2.75) is 17.3 Å². The van der Waals surface area contributed by atoms with E-state index in [1.54, 1.807) is 24.3 Å². The van der Waals surface area contributed by atoms with E-state index in [0.717, 1.165) is 0 Å². The van der Waals surface area contributed by atoms with E-state index in [0.29, 0.717) is 18.5 Å². The van der Waals surface area contributed by atoms with Crippen molar-refractivity contribution in [3.8, 4) is 0 Å². The molecule has 0 saturated carbocycles. The standard InChI is InChI=1S/C12H14N2O3S/c15-6-14-11-10(9(18)5-13-11)7-3-1-2-4-8(7)12(16)17/h1-4,6,9-11,13,18H,5H2,(H,14,15)(H,16,17)/t9-,10?,11+/m1/s1. The summed E-state index contributed by atoms with van der Waals surface area (Å²) in [5.41, 5.74) is 0.942. The van der Waals surface area contributed by atoms with Gasteiger partial charge in [-0.2, -0.15) is 12.6 Å². The number of thiol groups is 1. The summed E-state index contributed by atoms with van der Waals surface area (Å²) in [4.78, 5) is 21.8. The third kappa shape index (κ3) is 2.34. The minimum atomic E-state index is -0.970. The third-order valence-corrected chi connectivity index (χ3v) is 3.62. The summed E-state index contributed by atoms with van der Waals surface area (Å²) in [6.07, 6.45) is 0.324. The number of amides is 1. The van der Waals surface area contributed by atoms with Crippen molar-refractivity contribution in [3.63, 3.8) is 0 Å². The Hall–Kier alpha value is -1.53. The highest BCUT2D eigenvalue weighted by molar-refractivity contribution is 7.81. The Balaban J connectivity index is 2.39. The summed E-state index contributed by atoms with van der Waals surface area (Å²) >= 11 is 4.46. The average Bonchev–Trinajstić information content (AvgIpc) is 2.71. The number of benzene rings is 1. The van der Waals surface area contributed by atoms with Gasteiger partial charge in [0.2, 0.25) is 6.41 Å². The maximum Gasteiger partial charge on any atom is 0.335 e. The molecule has 96 valence electrons. The molecule has 1 aromatic carbocycles. The molecule has 0 aliphatic carbocycles. The molecule has 3 atom stereocenters. The zero-order valence-electron chi connectivity index (χ0n) is 9.54. The van der Waals surface area contributed by atoms with Crippen LogP contribution in [0.2, 0.25) is 0 Å². The Morgan fingerprint density at radius 2 is 2.22 bits per heavy atom. The molecular formula is C12H14N2O3S. The lowest BCUT2D eigenvalue weighted by Gasteiger charge is -2.23. The number of nitrogens with one attached hydrogen (secondary N) is 2. The molecule has 1 unspecified atom stereocenters. The summed E-state index contributed by atoms with van der Waals surface area (Å²) in [5, 5.41) is 14.9. The van der Waals surface area contributed by atoms with Crippen molar-refractivity contribution in [2.75, 3.05) is 6.54 Å². The Bertz CT molecular complexity index is 466. The normalized spacial score (nSPS) is 26.8. The van der Waals surface area contributed by atoms with Crippen LogP contribution >= 0.6 is 12.6 Å². The average molecular weight is 266 g/mol. The lowest BCUT2D eigenvalue weighted by Crippen LogP contribution is -2.40. The monoisotopic (exact) mass is 266 g/mol. The fourth-order valence-corrected chi connectivity index (χ4v) is 2.77. The predicted octanol–water partition coefficient (Wildman–Crippen LogP) is 0.442. The van der Waals surface area contributed by atoms with E-state index in [4.69, 9.17) is 0 Å². The Morgan fingerprint density at radius 3 is 2.89 bits per heavy atom. The zero-order valence-corrected chi connectivity index (χ0v) is 10.4. The number of hydrogen-bond donors (Lipinski definition) is 4. The number of hydrogen-bond acceptors (Lipinski definition) is 4. The van der Waals surface area contributed by atoms with Crippen molar-refractivity contribution in [3.05, 3.63) is 35.4 Å². The van der Waals surface area contributed by atoms with Gasteiger partial charge in [0.15, 0.2) is 0 Å². The van der Waals surface area contributed by atoms with E-state index in [1.807, 2.05) is 0 Å². The SMILES string of the molecule is O=CN[C@@H]1NC[C@@H](S)C1c1ccccc1C(=O)O. The van der Waals surface area contributed by atoms with E-state index >= 15 is 0 Å². The highest BCUT2D eigenvalue weighted by Gasteiger charge is 2.36. The van der Waals surface area contributed by atoms with Crippen LogP contribution in [0.15, 0.2) is 24.3 Å². The van der Waals surface area contributed by atoms with E-state index in [2.05, 4.69) is 23.3 Å². The Labute approximate surface area is 110 Å². The Morgan fingerprint density at radius 1 is 1.50 bits per heavy atom. The molecule has 1 aliphatic rings. The summed E-state index contributed by atoms with van der Waals surface area (Å²) in [6.45, 7) is 0.618. The van der Waals surface area contributed by atoms with Gasteiger partial charge in [-0.25, -0.2) is 4.79 Å². The van der Waals surface area contributed by atoms with E-state index in [9.17, 15) is 14.7 Å². The highest BCUT2D eigenvalue weighted by Crippen LogP contribution is 2.32. The maximum atomic E-state index is 11.2. The van der Waals surface area contributed by atoms with E-state index in [1.165, 1.54) is 0 Å². The second-order valence-corrected chi connectivity index (χ2v) is 4.82. The molecule has 1 amide bonds. The highest BCUT2D eigenvalue weighted by atomic mass is 32.1. The lowest BCUT2D eigenvalue weighted by atomic mass is 9.91. The molecule has 0 aromatic heterocycles. The van der Waals surface area contributed by atoms with Crippen LogP contribution in [-0.4, -0.2) is 35.4 Å². The first kappa shape index (κ1) is 12.9. The van der Waals surface area contributed by atoms with Crippen molar-refractivity contribution in [1.29, 1.82) is 0 Å². The molecule has 0 bridgehead atoms. The topological polar surface area (TPSA) is 78.4 Å². The van der Waals surface area contributed by atoms with Crippen molar-refractivity contribution in [2.24, 2.45) is 0 Å². The second kappa shape index (κ2) is 5.41. The van der Waals surface area contributed by atoms with Crippen LogP contribution in [-0.2, 0) is 4.79 Å². The van der Waals surface area contributed by atoms with Gasteiger partial charge in [0.25, 0.3) is 0 Å². The predicted molar refractivity (Wildman–Crippen MR) is 69.9 cm³/mol. The number of carbonyl (C=O) groups is 2. The molecule has 1 heterocycles. The minimum Gasteiger partial charge on any atom is -0.478 e. The first-order chi connectivity index (χ1) is 8.65. The molecule has 1 saturated heterocycles. The van der Waals surface area contributed by atoms with Crippen LogP contribution < -0.4 is 10.6 Å². The van der Waals surface area contributed by atoms with Gasteiger partial charge in [0.05, 0.1) is 11.7 Å². The molecule has 6 heteroatoms. The Kier molecular flexibility index (Phi) is 3.88. The van der Waals surface area contributed by atoms with Gasteiger partial charge in [-0.1, -0.05) is 18.2 Å². The first-order valence-corrected chi connectivity index (χ1v) is 6.10. The molecule has 0 spiro atoms. The molecule has 3 N–H and O–H groups in total. The first-order valence-electron chi connectivity index (χ1n) is 5.58.